The second kappa shape index (κ2) is 5.85. The molecule has 0 amide bonds. The summed E-state index contributed by atoms with van der Waals surface area (Å²) in [5, 5.41) is 0. The van der Waals surface area contributed by atoms with Crippen LogP contribution in [0.5, 0.6) is 0 Å². The second-order valence-corrected chi connectivity index (χ2v) is 2.48. The highest BCUT2D eigenvalue weighted by molar-refractivity contribution is 5.77. The minimum Gasteiger partial charge on any atom is -0.461 e. The number of halogens is 2. The van der Waals surface area contributed by atoms with E-state index in [2.05, 4.69) is 9.47 Å². The van der Waals surface area contributed by atoms with Crippen LogP contribution >= 0.6 is 0 Å². The summed E-state index contributed by atoms with van der Waals surface area (Å²) in [7, 11) is 0. The summed E-state index contributed by atoms with van der Waals surface area (Å²) >= 11 is 0. The Morgan fingerprint density at radius 1 is 1.38 bits per heavy atom. The molecule has 3 nitrogen and oxygen atoms in total. The molecule has 0 saturated carbocycles. The lowest BCUT2D eigenvalue weighted by Crippen LogP contribution is -2.35. The van der Waals surface area contributed by atoms with Crippen LogP contribution in [0.25, 0.3) is 0 Å². The molecule has 78 valence electrons. The van der Waals surface area contributed by atoms with Crippen molar-refractivity contribution in [3.8, 4) is 0 Å². The molecule has 0 saturated heterocycles. The molecule has 0 aliphatic rings. The number of carbonyl (C=O) groups excluding carboxylic acids is 1. The third-order valence-corrected chi connectivity index (χ3v) is 1.21. The number of hydrogen-bond donors (Lipinski definition) is 0. The Hall–Kier alpha value is -0.710. The summed E-state index contributed by atoms with van der Waals surface area (Å²) in [6, 6.07) is 0. The van der Waals surface area contributed by atoms with Gasteiger partial charge in [0.25, 0.3) is 0 Å². The zero-order chi connectivity index (χ0) is 10.3. The van der Waals surface area contributed by atoms with E-state index in [9.17, 15) is 13.6 Å². The van der Waals surface area contributed by atoms with Gasteiger partial charge in [0.05, 0.1) is 6.61 Å². The van der Waals surface area contributed by atoms with Gasteiger partial charge in [0.1, 0.15) is 6.61 Å². The van der Waals surface area contributed by atoms with Gasteiger partial charge in [-0.2, -0.15) is 8.78 Å². The van der Waals surface area contributed by atoms with Gasteiger partial charge in [-0.1, -0.05) is 6.92 Å². The van der Waals surface area contributed by atoms with E-state index in [1.54, 1.807) is 6.92 Å². The molecule has 0 fully saturated rings. The van der Waals surface area contributed by atoms with E-state index in [1.165, 1.54) is 6.92 Å². The highest BCUT2D eigenvalue weighted by Crippen LogP contribution is 2.15. The molecule has 5 heteroatoms. The largest absolute Gasteiger partial charge is 0.461 e. The molecule has 0 aliphatic heterocycles. The summed E-state index contributed by atoms with van der Waals surface area (Å²) in [6.07, 6.45) is 0.638. The highest BCUT2D eigenvalue weighted by atomic mass is 19.3. The van der Waals surface area contributed by atoms with Gasteiger partial charge in [0.2, 0.25) is 0 Å². The summed E-state index contributed by atoms with van der Waals surface area (Å²) in [6.45, 7) is 2.53. The molecule has 0 aromatic carbocycles. The standard InChI is InChI=1S/C8H14F2O3/c1-3-5-12-6-8(9,10)7(11)13-4-2/h3-6H2,1-2H3. The Morgan fingerprint density at radius 3 is 2.46 bits per heavy atom. The average Bonchev–Trinajstić information content (AvgIpc) is 2.05. The van der Waals surface area contributed by atoms with Gasteiger partial charge in [0, 0.05) is 6.61 Å². The van der Waals surface area contributed by atoms with Crippen molar-refractivity contribution in [3.63, 3.8) is 0 Å². The molecule has 0 aromatic heterocycles. The summed E-state index contributed by atoms with van der Waals surface area (Å²) in [5.74, 6) is -5.04. The SMILES string of the molecule is CCCOCC(F)(F)C(=O)OCC. The lowest BCUT2D eigenvalue weighted by molar-refractivity contribution is -0.179. The summed E-state index contributed by atoms with van der Waals surface area (Å²) in [4.78, 5) is 10.6. The van der Waals surface area contributed by atoms with Gasteiger partial charge < -0.3 is 9.47 Å². The van der Waals surface area contributed by atoms with E-state index in [4.69, 9.17) is 0 Å². The maximum atomic E-state index is 12.7. The molecule has 0 bridgehead atoms. The topological polar surface area (TPSA) is 35.5 Å². The first kappa shape index (κ1) is 12.3. The van der Waals surface area contributed by atoms with Gasteiger partial charge in [-0.15, -0.1) is 0 Å². The molecule has 0 N–H and O–H groups in total. The molecule has 0 spiro atoms. The van der Waals surface area contributed by atoms with Gasteiger partial charge >= 0.3 is 11.9 Å². The van der Waals surface area contributed by atoms with Crippen molar-refractivity contribution < 1.29 is 23.0 Å². The number of esters is 1. The fourth-order valence-corrected chi connectivity index (χ4v) is 0.640. The van der Waals surface area contributed by atoms with Gasteiger partial charge in [-0.25, -0.2) is 4.79 Å². The third kappa shape index (κ3) is 4.77. The number of carbonyl (C=O) groups is 1. The number of hydrogen-bond acceptors (Lipinski definition) is 3. The minimum atomic E-state index is -3.52. The Kier molecular flexibility index (Phi) is 5.53. The van der Waals surface area contributed by atoms with E-state index >= 15 is 0 Å². The molecule has 0 heterocycles. The lowest BCUT2D eigenvalue weighted by atomic mass is 10.3. The Bertz CT molecular complexity index is 159. The first-order chi connectivity index (χ1) is 6.04. The molecule has 0 aliphatic carbocycles. The normalized spacial score (nSPS) is 11.4. The van der Waals surface area contributed by atoms with Crippen LogP contribution in [0, 0.1) is 0 Å². The van der Waals surface area contributed by atoms with Crippen molar-refractivity contribution in [1.29, 1.82) is 0 Å². The predicted octanol–water partition coefficient (Wildman–Crippen LogP) is 1.61. The van der Waals surface area contributed by atoms with Crippen LogP contribution in [-0.2, 0) is 14.3 Å². The number of rotatable bonds is 6. The maximum Gasteiger partial charge on any atom is 0.379 e. The van der Waals surface area contributed by atoms with Crippen LogP contribution in [-0.4, -0.2) is 31.7 Å². The second-order valence-electron chi connectivity index (χ2n) is 2.48. The number of ether oxygens (including phenoxy) is 2. The van der Waals surface area contributed by atoms with Gasteiger partial charge in [-0.3, -0.25) is 0 Å². The minimum absolute atomic E-state index is 0.0534. The van der Waals surface area contributed by atoms with E-state index in [1.807, 2.05) is 0 Å². The van der Waals surface area contributed by atoms with E-state index in [0.717, 1.165) is 0 Å². The molecular weight excluding hydrogens is 182 g/mol. The fourth-order valence-electron chi connectivity index (χ4n) is 0.640. The zero-order valence-electron chi connectivity index (χ0n) is 7.81. The Balaban J connectivity index is 3.83. The van der Waals surface area contributed by atoms with Crippen LogP contribution in [0.3, 0.4) is 0 Å². The molecule has 0 atom stereocenters. The summed E-state index contributed by atoms with van der Waals surface area (Å²) in [5.41, 5.74) is 0. The summed E-state index contributed by atoms with van der Waals surface area (Å²) < 4.78 is 34.2. The Labute approximate surface area is 76.0 Å². The monoisotopic (exact) mass is 196 g/mol. The zero-order valence-corrected chi connectivity index (χ0v) is 7.81. The number of alkyl halides is 2. The molecule has 13 heavy (non-hydrogen) atoms. The van der Waals surface area contributed by atoms with Crippen molar-refractivity contribution in [1.82, 2.24) is 0 Å². The van der Waals surface area contributed by atoms with Gasteiger partial charge in [0.15, 0.2) is 0 Å². The van der Waals surface area contributed by atoms with Crippen LogP contribution in [0.4, 0.5) is 8.78 Å². The van der Waals surface area contributed by atoms with Crippen LogP contribution in [0.2, 0.25) is 0 Å². The van der Waals surface area contributed by atoms with Crippen LogP contribution < -0.4 is 0 Å². The predicted molar refractivity (Wildman–Crippen MR) is 42.7 cm³/mol. The van der Waals surface area contributed by atoms with Crippen molar-refractivity contribution in [2.45, 2.75) is 26.2 Å². The Morgan fingerprint density at radius 2 is 2.00 bits per heavy atom. The molecule has 0 unspecified atom stereocenters. The third-order valence-electron chi connectivity index (χ3n) is 1.21. The smallest absolute Gasteiger partial charge is 0.379 e. The average molecular weight is 196 g/mol. The first-order valence-corrected chi connectivity index (χ1v) is 4.17. The lowest BCUT2D eigenvalue weighted by Gasteiger charge is -2.14. The van der Waals surface area contributed by atoms with Crippen molar-refractivity contribution >= 4 is 5.97 Å². The molecule has 0 rings (SSSR count). The molecular formula is C8H14F2O3. The van der Waals surface area contributed by atoms with Crippen LogP contribution in [0.1, 0.15) is 20.3 Å². The molecule has 0 radical (unpaired) electrons. The molecule has 0 aromatic rings. The fraction of sp³-hybridized carbons (Fsp3) is 0.875. The quantitative estimate of drug-likeness (QED) is 0.478. The van der Waals surface area contributed by atoms with E-state index in [0.29, 0.717) is 6.42 Å². The van der Waals surface area contributed by atoms with Crippen molar-refractivity contribution in [2.75, 3.05) is 19.8 Å². The van der Waals surface area contributed by atoms with Gasteiger partial charge in [-0.05, 0) is 13.3 Å². The van der Waals surface area contributed by atoms with Crippen molar-refractivity contribution in [2.24, 2.45) is 0 Å². The first-order valence-electron chi connectivity index (χ1n) is 4.17. The van der Waals surface area contributed by atoms with E-state index in [-0.39, 0.29) is 13.2 Å². The maximum absolute atomic E-state index is 12.7. The van der Waals surface area contributed by atoms with Crippen molar-refractivity contribution in [3.05, 3.63) is 0 Å². The van der Waals surface area contributed by atoms with Crippen LogP contribution in [0.15, 0.2) is 0 Å². The van der Waals surface area contributed by atoms with E-state index < -0.39 is 18.5 Å². The highest BCUT2D eigenvalue weighted by Gasteiger charge is 2.40.